The van der Waals surface area contributed by atoms with Crippen LogP contribution in [0, 0.1) is 6.92 Å². The molecule has 0 radical (unpaired) electrons. The number of aryl methyl sites for hydroxylation is 1. The highest BCUT2D eigenvalue weighted by Gasteiger charge is 2.21. The number of thiazole rings is 1. The lowest BCUT2D eigenvalue weighted by atomic mass is 10.3. The zero-order chi connectivity index (χ0) is 14.0. The number of aromatic nitrogens is 1. The Labute approximate surface area is 116 Å². The standard InChI is InChI=1S/C12H15N3O2S2/c1-9-14-7-11(18-9)8-15(2)19(16,17)12-5-3-10(13)4-6-12/h3-7H,8,13H2,1-2H3. The Morgan fingerprint density at radius 1 is 1.32 bits per heavy atom. The van der Waals surface area contributed by atoms with E-state index in [1.807, 2.05) is 6.92 Å². The molecule has 0 amide bonds. The van der Waals surface area contributed by atoms with Gasteiger partial charge in [0.1, 0.15) is 0 Å². The summed E-state index contributed by atoms with van der Waals surface area (Å²) in [6.45, 7) is 2.21. The van der Waals surface area contributed by atoms with Crippen molar-refractivity contribution >= 4 is 27.0 Å². The van der Waals surface area contributed by atoms with E-state index in [9.17, 15) is 8.42 Å². The SMILES string of the molecule is Cc1ncc(CN(C)S(=O)(=O)c2ccc(N)cc2)s1. The molecule has 0 bridgehead atoms. The molecule has 0 spiro atoms. The summed E-state index contributed by atoms with van der Waals surface area (Å²) < 4.78 is 26.0. The fraction of sp³-hybridized carbons (Fsp3) is 0.250. The van der Waals surface area contributed by atoms with Gasteiger partial charge in [0.2, 0.25) is 10.0 Å². The Bertz CT molecular complexity index is 663. The first-order chi connectivity index (χ1) is 8.89. The van der Waals surface area contributed by atoms with E-state index in [4.69, 9.17) is 5.73 Å². The molecule has 0 unspecified atom stereocenters. The van der Waals surface area contributed by atoms with Crippen LogP contribution in [0.3, 0.4) is 0 Å². The second kappa shape index (κ2) is 5.28. The summed E-state index contributed by atoms with van der Waals surface area (Å²) in [5.41, 5.74) is 6.10. The third-order valence-corrected chi connectivity index (χ3v) is 5.35. The largest absolute Gasteiger partial charge is 0.399 e. The van der Waals surface area contributed by atoms with Gasteiger partial charge in [-0.05, 0) is 31.2 Å². The van der Waals surface area contributed by atoms with Crippen LogP contribution in [0.15, 0.2) is 35.4 Å². The van der Waals surface area contributed by atoms with Crippen molar-refractivity contribution in [1.82, 2.24) is 9.29 Å². The zero-order valence-corrected chi connectivity index (χ0v) is 12.3. The summed E-state index contributed by atoms with van der Waals surface area (Å²) in [5.74, 6) is 0. The van der Waals surface area contributed by atoms with Gasteiger partial charge in [0.25, 0.3) is 0 Å². The Morgan fingerprint density at radius 3 is 2.47 bits per heavy atom. The molecule has 1 heterocycles. The lowest BCUT2D eigenvalue weighted by molar-refractivity contribution is 0.469. The molecule has 7 heteroatoms. The van der Waals surface area contributed by atoms with Gasteiger partial charge in [0.15, 0.2) is 0 Å². The van der Waals surface area contributed by atoms with Crippen LogP contribution in [0.4, 0.5) is 5.69 Å². The lowest BCUT2D eigenvalue weighted by Crippen LogP contribution is -2.26. The third kappa shape index (κ3) is 3.12. The van der Waals surface area contributed by atoms with E-state index in [0.29, 0.717) is 12.2 Å². The number of hydrogen-bond acceptors (Lipinski definition) is 5. The molecule has 2 rings (SSSR count). The van der Waals surface area contributed by atoms with E-state index < -0.39 is 10.0 Å². The van der Waals surface area contributed by atoms with Gasteiger partial charge in [0, 0.05) is 30.4 Å². The summed E-state index contributed by atoms with van der Waals surface area (Å²) in [7, 11) is -1.93. The van der Waals surface area contributed by atoms with Crippen LogP contribution in [0.2, 0.25) is 0 Å². The van der Waals surface area contributed by atoms with Crippen LogP contribution in [0.25, 0.3) is 0 Å². The zero-order valence-electron chi connectivity index (χ0n) is 10.7. The number of hydrogen-bond donors (Lipinski definition) is 1. The molecule has 5 nitrogen and oxygen atoms in total. The second-order valence-corrected chi connectivity index (χ2v) is 7.54. The van der Waals surface area contributed by atoms with E-state index >= 15 is 0 Å². The van der Waals surface area contributed by atoms with Gasteiger partial charge in [-0.1, -0.05) is 0 Å². The molecule has 0 saturated heterocycles. The number of nitrogens with two attached hydrogens (primary N) is 1. The predicted molar refractivity (Wildman–Crippen MR) is 76.4 cm³/mol. The van der Waals surface area contributed by atoms with Gasteiger partial charge in [0.05, 0.1) is 9.90 Å². The number of benzene rings is 1. The molecule has 0 aliphatic carbocycles. The third-order valence-electron chi connectivity index (χ3n) is 2.64. The van der Waals surface area contributed by atoms with Crippen molar-refractivity contribution in [3.05, 3.63) is 40.3 Å². The van der Waals surface area contributed by atoms with Crippen LogP contribution >= 0.6 is 11.3 Å². The topological polar surface area (TPSA) is 76.3 Å². The van der Waals surface area contributed by atoms with Gasteiger partial charge in [-0.15, -0.1) is 11.3 Å². The van der Waals surface area contributed by atoms with E-state index in [2.05, 4.69) is 4.98 Å². The molecule has 2 N–H and O–H groups in total. The minimum Gasteiger partial charge on any atom is -0.399 e. The summed E-state index contributed by atoms with van der Waals surface area (Å²) in [6, 6.07) is 6.19. The fourth-order valence-electron chi connectivity index (χ4n) is 1.60. The monoisotopic (exact) mass is 297 g/mol. The first kappa shape index (κ1) is 14.0. The molecule has 2 aromatic rings. The number of nitrogens with zero attached hydrogens (tertiary/aromatic N) is 2. The Balaban J connectivity index is 2.21. The van der Waals surface area contributed by atoms with Crippen molar-refractivity contribution in [3.63, 3.8) is 0 Å². The second-order valence-electron chi connectivity index (χ2n) is 4.18. The molecule has 0 aliphatic rings. The molecular formula is C12H15N3O2S2. The first-order valence-electron chi connectivity index (χ1n) is 5.63. The normalized spacial score (nSPS) is 11.9. The maximum absolute atomic E-state index is 12.3. The van der Waals surface area contributed by atoms with Crippen molar-refractivity contribution < 1.29 is 8.42 Å². The molecule has 1 aromatic carbocycles. The van der Waals surface area contributed by atoms with Crippen LogP contribution in [-0.2, 0) is 16.6 Å². The average Bonchev–Trinajstić information content (AvgIpc) is 2.75. The maximum Gasteiger partial charge on any atom is 0.243 e. The number of sulfonamides is 1. The van der Waals surface area contributed by atoms with Crippen molar-refractivity contribution in [1.29, 1.82) is 0 Å². The summed E-state index contributed by atoms with van der Waals surface area (Å²) in [6.07, 6.45) is 1.70. The van der Waals surface area contributed by atoms with Crippen molar-refractivity contribution in [3.8, 4) is 0 Å². The maximum atomic E-state index is 12.3. The van der Waals surface area contributed by atoms with Crippen molar-refractivity contribution in [2.24, 2.45) is 0 Å². The van der Waals surface area contributed by atoms with Crippen LogP contribution in [-0.4, -0.2) is 24.8 Å². The molecule has 0 fully saturated rings. The van der Waals surface area contributed by atoms with E-state index in [0.717, 1.165) is 9.88 Å². The van der Waals surface area contributed by atoms with E-state index in [1.165, 1.54) is 27.8 Å². The van der Waals surface area contributed by atoms with Crippen molar-refractivity contribution in [2.75, 3.05) is 12.8 Å². The van der Waals surface area contributed by atoms with Gasteiger partial charge in [-0.3, -0.25) is 0 Å². The van der Waals surface area contributed by atoms with Gasteiger partial charge < -0.3 is 5.73 Å². The van der Waals surface area contributed by atoms with Crippen LogP contribution in [0.1, 0.15) is 9.88 Å². The quantitative estimate of drug-likeness (QED) is 0.874. The smallest absolute Gasteiger partial charge is 0.243 e. The molecule has 1 aromatic heterocycles. The van der Waals surface area contributed by atoms with Crippen molar-refractivity contribution in [2.45, 2.75) is 18.4 Å². The first-order valence-corrected chi connectivity index (χ1v) is 7.88. The highest BCUT2D eigenvalue weighted by atomic mass is 32.2. The summed E-state index contributed by atoms with van der Waals surface area (Å²) in [5, 5.41) is 0.924. The minimum atomic E-state index is -3.49. The van der Waals surface area contributed by atoms with Gasteiger partial charge in [-0.2, -0.15) is 4.31 Å². The summed E-state index contributed by atoms with van der Waals surface area (Å²) >= 11 is 1.49. The Kier molecular flexibility index (Phi) is 3.88. The molecular weight excluding hydrogens is 282 g/mol. The van der Waals surface area contributed by atoms with Crippen LogP contribution < -0.4 is 5.73 Å². The number of nitrogen functional groups attached to an aromatic ring is 1. The highest BCUT2D eigenvalue weighted by molar-refractivity contribution is 7.89. The number of anilines is 1. The van der Waals surface area contributed by atoms with E-state index in [-0.39, 0.29) is 4.90 Å². The summed E-state index contributed by atoms with van der Waals surface area (Å²) in [4.78, 5) is 5.27. The van der Waals surface area contributed by atoms with Gasteiger partial charge >= 0.3 is 0 Å². The average molecular weight is 297 g/mol. The molecule has 0 saturated carbocycles. The lowest BCUT2D eigenvalue weighted by Gasteiger charge is -2.16. The fourth-order valence-corrected chi connectivity index (χ4v) is 3.68. The highest BCUT2D eigenvalue weighted by Crippen LogP contribution is 2.20. The Hall–Kier alpha value is -1.44. The molecule has 102 valence electrons. The van der Waals surface area contributed by atoms with Gasteiger partial charge in [-0.25, -0.2) is 13.4 Å². The molecule has 0 atom stereocenters. The molecule has 0 aliphatic heterocycles. The number of rotatable bonds is 4. The van der Waals surface area contributed by atoms with Crippen LogP contribution in [0.5, 0.6) is 0 Å². The Morgan fingerprint density at radius 2 is 1.95 bits per heavy atom. The minimum absolute atomic E-state index is 0.241. The molecule has 19 heavy (non-hydrogen) atoms. The van der Waals surface area contributed by atoms with E-state index in [1.54, 1.807) is 25.4 Å². The predicted octanol–water partition coefficient (Wildman–Crippen LogP) is 1.85.